The minimum Gasteiger partial charge on any atom is -0.462 e. The number of rotatable bonds is 7. The lowest BCUT2D eigenvalue weighted by atomic mass is 9.33. The van der Waals surface area contributed by atoms with Crippen LogP contribution in [0.4, 0.5) is 0 Å². The summed E-state index contributed by atoms with van der Waals surface area (Å²) in [6, 6.07) is 7.84. The molecule has 0 radical (unpaired) electrons. The number of aliphatic hydroxyl groups is 1. The van der Waals surface area contributed by atoms with Crippen LogP contribution in [0, 0.1) is 50.7 Å². The number of hydrogen-bond donors (Lipinski definition) is 2. The van der Waals surface area contributed by atoms with E-state index in [1.54, 1.807) is 6.92 Å². The number of ether oxygens (including phenoxy) is 1. The topological polar surface area (TPSA) is 75.6 Å². The van der Waals surface area contributed by atoms with Gasteiger partial charge in [-0.15, -0.1) is 0 Å². The molecule has 0 spiro atoms. The van der Waals surface area contributed by atoms with E-state index in [2.05, 4.69) is 53.8 Å². The highest BCUT2D eigenvalue weighted by Gasteiger charge is 2.70. The largest absolute Gasteiger partial charge is 0.462 e. The molecular formula is C40H58ClNO4. The van der Waals surface area contributed by atoms with Crippen molar-refractivity contribution in [2.45, 2.75) is 132 Å². The molecule has 254 valence electrons. The lowest BCUT2D eigenvalue weighted by Crippen LogP contribution is -2.66. The fourth-order valence-corrected chi connectivity index (χ4v) is 12.8. The predicted molar refractivity (Wildman–Crippen MR) is 184 cm³/mol. The van der Waals surface area contributed by atoms with E-state index < -0.39 is 11.5 Å². The average molecular weight is 652 g/mol. The molecule has 0 unspecified atom stereocenters. The first-order valence-electron chi connectivity index (χ1n) is 18.1. The number of nitrogens with one attached hydrogen (secondary N) is 1. The quantitative estimate of drug-likeness (QED) is 0.289. The molecule has 9 atom stereocenters. The molecule has 6 rings (SSSR count). The summed E-state index contributed by atoms with van der Waals surface area (Å²) in [5, 5.41) is 16.3. The maximum absolute atomic E-state index is 13.9. The van der Waals surface area contributed by atoms with Crippen LogP contribution in [0.25, 0.3) is 0 Å². The molecule has 0 saturated heterocycles. The third kappa shape index (κ3) is 4.99. The van der Waals surface area contributed by atoms with Gasteiger partial charge in [-0.25, -0.2) is 0 Å². The summed E-state index contributed by atoms with van der Waals surface area (Å²) in [6.45, 7) is 19.4. The summed E-state index contributed by atoms with van der Waals surface area (Å²) in [4.78, 5) is 26.0. The molecule has 0 aromatic heterocycles. The number of fused-ring (bicyclic) bond motifs is 7. The van der Waals surface area contributed by atoms with Gasteiger partial charge < -0.3 is 15.2 Å². The SMILES string of the molecule is CC(=O)O[C@H]1CC[C@]2(C)[C@H]3CC[C@@H]4C5=C(C(C)C)C(=O)C[C@]5([C@H](O)CNCc5ccc(Cl)cc5)CC[C@@]4(C)[C@]3(C)CC[C@H]2C1(C)C. The Morgan fingerprint density at radius 2 is 1.65 bits per heavy atom. The van der Waals surface area contributed by atoms with Crippen molar-refractivity contribution in [2.24, 2.45) is 50.7 Å². The van der Waals surface area contributed by atoms with E-state index in [9.17, 15) is 14.7 Å². The van der Waals surface area contributed by atoms with Crippen molar-refractivity contribution in [3.63, 3.8) is 0 Å². The minimum atomic E-state index is -0.615. The van der Waals surface area contributed by atoms with E-state index in [1.165, 1.54) is 5.57 Å². The van der Waals surface area contributed by atoms with Crippen LogP contribution in [-0.4, -0.2) is 35.6 Å². The van der Waals surface area contributed by atoms with Crippen LogP contribution in [0.3, 0.4) is 0 Å². The van der Waals surface area contributed by atoms with Crippen LogP contribution in [0.15, 0.2) is 35.4 Å². The Bertz CT molecular complexity index is 1400. The van der Waals surface area contributed by atoms with Gasteiger partial charge in [0.05, 0.1) is 6.10 Å². The fourth-order valence-electron chi connectivity index (χ4n) is 12.6. The highest BCUT2D eigenvalue weighted by Crippen LogP contribution is 2.77. The van der Waals surface area contributed by atoms with Crippen LogP contribution < -0.4 is 5.32 Å². The summed E-state index contributed by atoms with van der Waals surface area (Å²) in [7, 11) is 0. The van der Waals surface area contributed by atoms with Crippen LogP contribution in [-0.2, 0) is 20.9 Å². The zero-order valence-corrected chi connectivity index (χ0v) is 30.4. The molecule has 0 amide bonds. The number of Topliss-reactive ketones (excluding diaryl/α,β-unsaturated/α-hetero) is 1. The van der Waals surface area contributed by atoms with Gasteiger partial charge in [-0.1, -0.05) is 77.8 Å². The molecular weight excluding hydrogens is 594 g/mol. The zero-order valence-electron chi connectivity index (χ0n) is 29.6. The van der Waals surface area contributed by atoms with Gasteiger partial charge in [0.25, 0.3) is 0 Å². The monoisotopic (exact) mass is 651 g/mol. The first-order valence-corrected chi connectivity index (χ1v) is 18.5. The van der Waals surface area contributed by atoms with E-state index in [1.807, 2.05) is 24.3 Å². The number of halogens is 1. The van der Waals surface area contributed by atoms with Gasteiger partial charge in [0, 0.05) is 42.3 Å². The number of carbonyl (C=O) groups is 2. The minimum absolute atomic E-state index is 0.0206. The van der Waals surface area contributed by atoms with Crippen molar-refractivity contribution in [2.75, 3.05) is 6.54 Å². The Kier molecular flexibility index (Phi) is 8.71. The maximum atomic E-state index is 13.9. The van der Waals surface area contributed by atoms with Crippen LogP contribution >= 0.6 is 11.6 Å². The zero-order chi connectivity index (χ0) is 33.4. The lowest BCUT2D eigenvalue weighted by molar-refractivity contribution is -0.234. The van der Waals surface area contributed by atoms with Crippen LogP contribution in [0.2, 0.25) is 5.02 Å². The molecule has 46 heavy (non-hydrogen) atoms. The highest BCUT2D eigenvalue weighted by molar-refractivity contribution is 6.30. The second-order valence-corrected chi connectivity index (χ2v) is 18.0. The molecule has 1 aromatic carbocycles. The molecule has 5 nitrogen and oxygen atoms in total. The van der Waals surface area contributed by atoms with Crippen molar-refractivity contribution in [1.29, 1.82) is 0 Å². The first kappa shape index (κ1) is 34.2. The van der Waals surface area contributed by atoms with Crippen molar-refractivity contribution >= 4 is 23.4 Å². The lowest BCUT2D eigenvalue weighted by Gasteiger charge is -2.72. The molecule has 4 saturated carbocycles. The first-order chi connectivity index (χ1) is 21.5. The van der Waals surface area contributed by atoms with Gasteiger partial charge in [-0.2, -0.15) is 0 Å². The maximum Gasteiger partial charge on any atom is 0.302 e. The van der Waals surface area contributed by atoms with E-state index in [0.717, 1.165) is 67.5 Å². The Morgan fingerprint density at radius 1 is 0.957 bits per heavy atom. The number of allylic oxidation sites excluding steroid dienone is 1. The number of ketones is 1. The van der Waals surface area contributed by atoms with Gasteiger partial charge >= 0.3 is 5.97 Å². The standard InChI is InChI=1S/C40H58ClNO4/c1-24(2)34-29(44)21-40(32(45)23-42-22-26-9-11-27(41)12-10-26)20-19-38(7)28(35(34)40)13-14-31-37(6)17-16-33(46-25(3)43)36(4,5)30(37)15-18-39(31,38)8/h9-12,24,28,30-33,42,45H,13-23H2,1-8H3/t28-,30+,31-,32-,33+,37+,38-,39-,40+/m1/s1. The van der Waals surface area contributed by atoms with Crippen molar-refractivity contribution in [3.05, 3.63) is 46.0 Å². The summed E-state index contributed by atoms with van der Waals surface area (Å²) in [5.74, 6) is 1.64. The van der Waals surface area contributed by atoms with E-state index in [-0.39, 0.29) is 45.4 Å². The normalized spacial score (nSPS) is 40.5. The summed E-state index contributed by atoms with van der Waals surface area (Å²) >= 11 is 6.09. The molecule has 4 fully saturated rings. The second kappa shape index (κ2) is 11.7. The molecule has 0 bridgehead atoms. The third-order valence-corrected chi connectivity index (χ3v) is 15.2. The second-order valence-electron chi connectivity index (χ2n) is 17.6. The predicted octanol–water partition coefficient (Wildman–Crippen LogP) is 8.70. The Hall–Kier alpha value is -1.69. The molecule has 0 aliphatic heterocycles. The average Bonchev–Trinajstić information content (AvgIpc) is 3.29. The summed E-state index contributed by atoms with van der Waals surface area (Å²) in [6.07, 6.45) is 8.29. The Labute approximate surface area is 282 Å². The van der Waals surface area contributed by atoms with Crippen LogP contribution in [0.1, 0.15) is 119 Å². The molecule has 1 aromatic rings. The number of hydrogen-bond acceptors (Lipinski definition) is 5. The van der Waals surface area contributed by atoms with Gasteiger partial charge in [0.1, 0.15) is 6.10 Å². The molecule has 5 aliphatic carbocycles. The third-order valence-electron chi connectivity index (χ3n) is 14.9. The number of esters is 1. The van der Waals surface area contributed by atoms with Crippen molar-refractivity contribution in [1.82, 2.24) is 5.32 Å². The van der Waals surface area contributed by atoms with E-state index in [0.29, 0.717) is 37.3 Å². The summed E-state index contributed by atoms with van der Waals surface area (Å²) < 4.78 is 5.94. The van der Waals surface area contributed by atoms with Gasteiger partial charge in [0.15, 0.2) is 5.78 Å². The van der Waals surface area contributed by atoms with E-state index in [4.69, 9.17) is 16.3 Å². The van der Waals surface area contributed by atoms with Gasteiger partial charge in [-0.3, -0.25) is 9.59 Å². The molecule has 0 heterocycles. The fraction of sp³-hybridized carbons (Fsp3) is 0.750. The molecule has 6 heteroatoms. The number of benzene rings is 1. The smallest absolute Gasteiger partial charge is 0.302 e. The Balaban J connectivity index is 1.31. The molecule has 5 aliphatic rings. The number of aliphatic hydroxyl groups excluding tert-OH is 1. The van der Waals surface area contributed by atoms with Gasteiger partial charge in [-0.05, 0) is 115 Å². The molecule has 2 N–H and O–H groups in total. The highest BCUT2D eigenvalue weighted by atomic mass is 35.5. The Morgan fingerprint density at radius 3 is 2.30 bits per heavy atom. The van der Waals surface area contributed by atoms with E-state index >= 15 is 0 Å². The van der Waals surface area contributed by atoms with Crippen molar-refractivity contribution in [3.8, 4) is 0 Å². The van der Waals surface area contributed by atoms with Crippen molar-refractivity contribution < 1.29 is 19.4 Å². The van der Waals surface area contributed by atoms with Crippen LogP contribution in [0.5, 0.6) is 0 Å². The summed E-state index contributed by atoms with van der Waals surface area (Å²) in [5.41, 5.74) is 3.31. The van der Waals surface area contributed by atoms with Gasteiger partial charge in [0.2, 0.25) is 0 Å². The number of carbonyl (C=O) groups excluding carboxylic acids is 2.